The molecule has 1 aliphatic rings. The number of rotatable bonds is 7. The molecular formula is C13H20N4O5S3. The van der Waals surface area contributed by atoms with Crippen molar-refractivity contribution in [2.45, 2.75) is 24.1 Å². The van der Waals surface area contributed by atoms with Crippen molar-refractivity contribution in [3.8, 4) is 0 Å². The number of ether oxygens (including phenoxy) is 1. The number of hydrogen-bond acceptors (Lipinski definition) is 9. The SMILES string of the molecule is CCS(=O)(=O)N1CCC[C@@H](C(=O)Nc2nnc(SCC(=O)OC)s2)C1. The summed E-state index contributed by atoms with van der Waals surface area (Å²) >= 11 is 2.33. The number of sulfonamides is 1. The normalized spacial score (nSPS) is 18.7. The summed E-state index contributed by atoms with van der Waals surface area (Å²) in [6.45, 7) is 2.23. The zero-order chi connectivity index (χ0) is 18.4. The van der Waals surface area contributed by atoms with Crippen molar-refractivity contribution in [1.29, 1.82) is 0 Å². The molecule has 1 aromatic heterocycles. The Kier molecular flexibility index (Phi) is 7.16. The molecule has 0 spiro atoms. The second kappa shape index (κ2) is 8.92. The van der Waals surface area contributed by atoms with Crippen LogP contribution in [-0.4, -0.2) is 66.5 Å². The Labute approximate surface area is 154 Å². The van der Waals surface area contributed by atoms with Crippen LogP contribution in [0.5, 0.6) is 0 Å². The molecule has 2 heterocycles. The lowest BCUT2D eigenvalue weighted by atomic mass is 9.99. The van der Waals surface area contributed by atoms with Crippen LogP contribution in [0.15, 0.2) is 4.34 Å². The topological polar surface area (TPSA) is 119 Å². The fourth-order valence-electron chi connectivity index (χ4n) is 2.30. The molecule has 1 aromatic rings. The van der Waals surface area contributed by atoms with Gasteiger partial charge in [-0.2, -0.15) is 0 Å². The summed E-state index contributed by atoms with van der Waals surface area (Å²) in [5.41, 5.74) is 0. The summed E-state index contributed by atoms with van der Waals surface area (Å²) < 4.78 is 30.4. The Morgan fingerprint density at radius 3 is 2.88 bits per heavy atom. The third kappa shape index (κ3) is 5.62. The zero-order valence-corrected chi connectivity index (χ0v) is 16.4. The lowest BCUT2D eigenvalue weighted by molar-refractivity contribution is -0.137. The zero-order valence-electron chi connectivity index (χ0n) is 13.9. The van der Waals surface area contributed by atoms with Gasteiger partial charge in [0.1, 0.15) is 0 Å². The van der Waals surface area contributed by atoms with Gasteiger partial charge in [-0.15, -0.1) is 10.2 Å². The lowest BCUT2D eigenvalue weighted by Gasteiger charge is -2.30. The standard InChI is InChI=1S/C13H20N4O5S3/c1-3-25(20,21)17-6-4-5-9(7-17)11(19)14-12-15-16-13(24-12)23-8-10(18)22-2/h9H,3-8H2,1-2H3,(H,14,15,19)/t9-/m1/s1. The number of nitrogens with zero attached hydrogens (tertiary/aromatic N) is 3. The highest BCUT2D eigenvalue weighted by Gasteiger charge is 2.31. The molecular weight excluding hydrogens is 388 g/mol. The Hall–Kier alpha value is -1.24. The summed E-state index contributed by atoms with van der Waals surface area (Å²) in [7, 11) is -1.99. The van der Waals surface area contributed by atoms with Crippen LogP contribution in [0.3, 0.4) is 0 Å². The summed E-state index contributed by atoms with van der Waals surface area (Å²) in [5.74, 6) is -0.906. The first-order valence-corrected chi connectivity index (χ1v) is 11.1. The van der Waals surface area contributed by atoms with E-state index in [0.717, 1.165) is 11.3 Å². The quantitative estimate of drug-likeness (QED) is 0.400. The Bertz CT molecular complexity index is 721. The summed E-state index contributed by atoms with van der Waals surface area (Å²) in [4.78, 5) is 23.5. The van der Waals surface area contributed by atoms with Crippen LogP contribution < -0.4 is 5.32 Å². The first-order valence-electron chi connectivity index (χ1n) is 7.67. The van der Waals surface area contributed by atoms with E-state index in [1.54, 1.807) is 6.92 Å². The molecule has 1 atom stereocenters. The van der Waals surface area contributed by atoms with E-state index in [0.29, 0.717) is 28.9 Å². The molecule has 0 radical (unpaired) electrons. The maximum atomic E-state index is 12.4. The highest BCUT2D eigenvalue weighted by atomic mass is 32.2. The highest BCUT2D eigenvalue weighted by Crippen LogP contribution is 2.27. The van der Waals surface area contributed by atoms with Gasteiger partial charge in [0.25, 0.3) is 0 Å². The smallest absolute Gasteiger partial charge is 0.316 e. The van der Waals surface area contributed by atoms with Gasteiger partial charge < -0.3 is 10.1 Å². The van der Waals surface area contributed by atoms with E-state index in [1.807, 2.05) is 0 Å². The van der Waals surface area contributed by atoms with Gasteiger partial charge in [0.05, 0.1) is 24.5 Å². The van der Waals surface area contributed by atoms with Crippen LogP contribution in [-0.2, 0) is 24.3 Å². The molecule has 0 bridgehead atoms. The van der Waals surface area contributed by atoms with Crippen LogP contribution in [0.1, 0.15) is 19.8 Å². The third-order valence-corrected chi connectivity index (χ3v) is 7.48. The molecule has 12 heteroatoms. The van der Waals surface area contributed by atoms with Gasteiger partial charge >= 0.3 is 5.97 Å². The number of nitrogens with one attached hydrogen (secondary N) is 1. The first kappa shape index (κ1) is 20.1. The van der Waals surface area contributed by atoms with Gasteiger partial charge in [-0.1, -0.05) is 23.1 Å². The molecule has 2 rings (SSSR count). The number of thioether (sulfide) groups is 1. The van der Waals surface area contributed by atoms with Crippen molar-refractivity contribution in [1.82, 2.24) is 14.5 Å². The molecule has 140 valence electrons. The van der Waals surface area contributed by atoms with E-state index in [9.17, 15) is 18.0 Å². The number of aromatic nitrogens is 2. The molecule has 1 amide bonds. The number of carbonyl (C=O) groups is 2. The largest absolute Gasteiger partial charge is 0.468 e. The molecule has 1 aliphatic heterocycles. The Morgan fingerprint density at radius 2 is 2.20 bits per heavy atom. The van der Waals surface area contributed by atoms with E-state index in [2.05, 4.69) is 20.3 Å². The van der Waals surface area contributed by atoms with Crippen molar-refractivity contribution in [2.75, 3.05) is 37.0 Å². The fraction of sp³-hybridized carbons (Fsp3) is 0.692. The van der Waals surface area contributed by atoms with Crippen molar-refractivity contribution in [3.63, 3.8) is 0 Å². The average molecular weight is 409 g/mol. The summed E-state index contributed by atoms with van der Waals surface area (Å²) in [6, 6.07) is 0. The second-order valence-electron chi connectivity index (χ2n) is 5.32. The second-order valence-corrected chi connectivity index (χ2v) is 9.78. The van der Waals surface area contributed by atoms with Crippen LogP contribution >= 0.6 is 23.1 Å². The minimum absolute atomic E-state index is 0.0263. The highest BCUT2D eigenvalue weighted by molar-refractivity contribution is 8.01. The minimum atomic E-state index is -3.29. The number of carbonyl (C=O) groups excluding carboxylic acids is 2. The van der Waals surface area contributed by atoms with Crippen molar-refractivity contribution in [3.05, 3.63) is 0 Å². The van der Waals surface area contributed by atoms with Crippen molar-refractivity contribution < 1.29 is 22.7 Å². The first-order chi connectivity index (χ1) is 11.9. The summed E-state index contributed by atoms with van der Waals surface area (Å²) in [5, 5.41) is 10.8. The van der Waals surface area contributed by atoms with Gasteiger partial charge in [-0.05, 0) is 19.8 Å². The van der Waals surface area contributed by atoms with E-state index in [1.165, 1.54) is 23.2 Å². The van der Waals surface area contributed by atoms with Gasteiger partial charge in [0.15, 0.2) is 4.34 Å². The van der Waals surface area contributed by atoms with Crippen LogP contribution in [0.25, 0.3) is 0 Å². The monoisotopic (exact) mass is 408 g/mol. The van der Waals surface area contributed by atoms with Crippen molar-refractivity contribution >= 4 is 50.1 Å². The minimum Gasteiger partial charge on any atom is -0.468 e. The molecule has 1 N–H and O–H groups in total. The van der Waals surface area contributed by atoms with E-state index < -0.39 is 15.9 Å². The average Bonchev–Trinajstić information content (AvgIpc) is 3.07. The van der Waals surface area contributed by atoms with Gasteiger partial charge in [0.2, 0.25) is 21.1 Å². The molecule has 1 saturated heterocycles. The Balaban J connectivity index is 1.91. The van der Waals surface area contributed by atoms with E-state index in [4.69, 9.17) is 0 Å². The number of piperidine rings is 1. The number of methoxy groups -OCH3 is 1. The molecule has 0 unspecified atom stereocenters. The summed E-state index contributed by atoms with van der Waals surface area (Å²) in [6.07, 6.45) is 1.28. The predicted molar refractivity (Wildman–Crippen MR) is 95.0 cm³/mol. The number of hydrogen-bond donors (Lipinski definition) is 1. The van der Waals surface area contributed by atoms with Gasteiger partial charge in [-0.3, -0.25) is 9.59 Å². The predicted octanol–water partition coefficient (Wildman–Crippen LogP) is 0.803. The van der Waals surface area contributed by atoms with Crippen LogP contribution in [0, 0.1) is 5.92 Å². The number of amides is 1. The van der Waals surface area contributed by atoms with Gasteiger partial charge in [-0.25, -0.2) is 12.7 Å². The van der Waals surface area contributed by atoms with Crippen LogP contribution in [0.4, 0.5) is 5.13 Å². The van der Waals surface area contributed by atoms with E-state index >= 15 is 0 Å². The number of anilines is 1. The van der Waals surface area contributed by atoms with Crippen LogP contribution in [0.2, 0.25) is 0 Å². The molecule has 0 aliphatic carbocycles. The molecule has 9 nitrogen and oxygen atoms in total. The maximum absolute atomic E-state index is 12.4. The third-order valence-electron chi connectivity index (χ3n) is 3.69. The lowest BCUT2D eigenvalue weighted by Crippen LogP contribution is -2.44. The Morgan fingerprint density at radius 1 is 1.44 bits per heavy atom. The fourth-order valence-corrected chi connectivity index (χ4v) is 5.06. The molecule has 0 saturated carbocycles. The number of esters is 1. The van der Waals surface area contributed by atoms with Gasteiger partial charge in [0, 0.05) is 13.1 Å². The maximum Gasteiger partial charge on any atom is 0.316 e. The molecule has 25 heavy (non-hydrogen) atoms. The molecule has 1 fully saturated rings. The molecule has 0 aromatic carbocycles. The van der Waals surface area contributed by atoms with Crippen molar-refractivity contribution in [2.24, 2.45) is 5.92 Å². The van der Waals surface area contributed by atoms with E-state index in [-0.39, 0.29) is 29.9 Å².